The van der Waals surface area contributed by atoms with Gasteiger partial charge in [-0.3, -0.25) is 10.2 Å². The molecule has 0 saturated heterocycles. The van der Waals surface area contributed by atoms with Crippen LogP contribution in [-0.4, -0.2) is 34.3 Å². The second-order valence-electron chi connectivity index (χ2n) is 6.57. The number of methoxy groups -OCH3 is 1. The largest absolute Gasteiger partial charge is 0.452 e. The molecule has 1 aromatic carbocycles. The fraction of sp³-hybridized carbons (Fsp3) is 0.368. The molecule has 0 unspecified atom stereocenters. The molecule has 1 heterocycles. The third kappa shape index (κ3) is 4.03. The van der Waals surface area contributed by atoms with Crippen molar-refractivity contribution in [2.75, 3.05) is 7.11 Å². The Balaban J connectivity index is 1.86. The van der Waals surface area contributed by atoms with E-state index < -0.39 is 12.0 Å². The van der Waals surface area contributed by atoms with Crippen LogP contribution >= 0.6 is 11.6 Å². The highest BCUT2D eigenvalue weighted by Gasteiger charge is 2.27. The Labute approximate surface area is 162 Å². The molecule has 3 rings (SSSR count). The van der Waals surface area contributed by atoms with Gasteiger partial charge in [0.1, 0.15) is 0 Å². The third-order valence-corrected chi connectivity index (χ3v) is 4.90. The summed E-state index contributed by atoms with van der Waals surface area (Å²) in [4.78, 5) is 25.1. The van der Waals surface area contributed by atoms with Crippen LogP contribution in [0, 0.1) is 13.8 Å². The molecular formula is C19H21ClN4O3. The number of nitrogens with zero attached hydrogens (tertiary/aromatic N) is 3. The van der Waals surface area contributed by atoms with Gasteiger partial charge in [-0.25, -0.2) is 9.80 Å². The van der Waals surface area contributed by atoms with Crippen LogP contribution in [0.15, 0.2) is 18.2 Å². The molecule has 8 heteroatoms. The molecule has 1 N–H and O–H groups in total. The number of hydrogen-bond donors (Lipinski definition) is 1. The zero-order valence-electron chi connectivity index (χ0n) is 15.5. The normalized spacial score (nSPS) is 12.4. The maximum atomic E-state index is 12.9. The number of fused-ring (bicyclic) bond motifs is 1. The second kappa shape index (κ2) is 7.92. The topological polar surface area (TPSA) is 84.4 Å². The van der Waals surface area contributed by atoms with Crippen molar-refractivity contribution >= 4 is 23.6 Å². The zero-order chi connectivity index (χ0) is 19.6. The van der Waals surface area contributed by atoms with E-state index in [0.29, 0.717) is 6.42 Å². The van der Waals surface area contributed by atoms with E-state index in [1.165, 1.54) is 7.11 Å². The summed E-state index contributed by atoms with van der Waals surface area (Å²) in [6.45, 7) is 4.12. The second-order valence-corrected chi connectivity index (χ2v) is 6.93. The molecule has 0 radical (unpaired) electrons. The first kappa shape index (κ1) is 19.1. The van der Waals surface area contributed by atoms with E-state index in [9.17, 15) is 9.59 Å². The van der Waals surface area contributed by atoms with Crippen LogP contribution in [0.25, 0.3) is 0 Å². The molecule has 142 valence electrons. The van der Waals surface area contributed by atoms with E-state index in [1.54, 1.807) is 0 Å². The van der Waals surface area contributed by atoms with E-state index in [4.69, 9.17) is 16.3 Å². The first-order valence-corrected chi connectivity index (χ1v) is 9.05. The number of nitrogens with one attached hydrogen (secondary N) is 1. The quantitative estimate of drug-likeness (QED) is 0.816. The molecule has 0 bridgehead atoms. The van der Waals surface area contributed by atoms with Gasteiger partial charge in [0.2, 0.25) is 0 Å². The summed E-state index contributed by atoms with van der Waals surface area (Å²) < 4.78 is 4.82. The Morgan fingerprint density at radius 1 is 1.26 bits per heavy atom. The lowest BCUT2D eigenvalue weighted by Crippen LogP contribution is -2.46. The minimum atomic E-state index is -0.668. The summed E-state index contributed by atoms with van der Waals surface area (Å²) in [5, 5.41) is 9.09. The van der Waals surface area contributed by atoms with E-state index in [0.717, 1.165) is 45.8 Å². The summed E-state index contributed by atoms with van der Waals surface area (Å²) >= 11 is 6.13. The first-order valence-electron chi connectivity index (χ1n) is 8.67. The van der Waals surface area contributed by atoms with Crippen molar-refractivity contribution in [3.8, 4) is 0 Å². The van der Waals surface area contributed by atoms with Crippen LogP contribution in [0.2, 0.25) is 5.15 Å². The van der Waals surface area contributed by atoms with Gasteiger partial charge in [0.25, 0.3) is 5.91 Å². The number of aryl methyl sites for hydroxylation is 3. The number of benzene rings is 1. The van der Waals surface area contributed by atoms with Crippen molar-refractivity contribution in [2.45, 2.75) is 39.7 Å². The molecule has 2 aromatic rings. The molecule has 1 aliphatic carbocycles. The summed E-state index contributed by atoms with van der Waals surface area (Å²) in [6.07, 6.45) is 1.71. The number of carbonyl (C=O) groups is 2. The van der Waals surface area contributed by atoms with E-state index in [1.807, 2.05) is 32.0 Å². The van der Waals surface area contributed by atoms with Gasteiger partial charge in [-0.15, -0.1) is 5.10 Å². The van der Waals surface area contributed by atoms with Gasteiger partial charge in [-0.05, 0) is 49.8 Å². The van der Waals surface area contributed by atoms with Gasteiger partial charge < -0.3 is 4.74 Å². The molecule has 0 fully saturated rings. The number of halogens is 1. The maximum absolute atomic E-state index is 12.9. The lowest BCUT2D eigenvalue weighted by Gasteiger charge is -2.23. The monoisotopic (exact) mass is 388 g/mol. The summed E-state index contributed by atoms with van der Waals surface area (Å²) in [5.74, 6) is -0.497. The summed E-state index contributed by atoms with van der Waals surface area (Å²) in [7, 11) is 1.27. The Hall–Kier alpha value is -2.67. The smallest absolute Gasteiger partial charge is 0.428 e. The van der Waals surface area contributed by atoms with Gasteiger partial charge >= 0.3 is 6.09 Å². The Bertz CT molecular complexity index is 901. The maximum Gasteiger partial charge on any atom is 0.428 e. The van der Waals surface area contributed by atoms with Crippen LogP contribution in [0.4, 0.5) is 4.79 Å². The highest BCUT2D eigenvalue weighted by molar-refractivity contribution is 6.32. The molecule has 0 aliphatic heterocycles. The van der Waals surface area contributed by atoms with Crippen molar-refractivity contribution in [2.24, 2.45) is 0 Å². The molecule has 1 aromatic heterocycles. The number of ether oxygens (including phenoxy) is 1. The van der Waals surface area contributed by atoms with Gasteiger partial charge in [0, 0.05) is 0 Å². The van der Waals surface area contributed by atoms with Gasteiger partial charge in [0.05, 0.1) is 24.9 Å². The predicted molar refractivity (Wildman–Crippen MR) is 100 cm³/mol. The van der Waals surface area contributed by atoms with Gasteiger partial charge in [-0.1, -0.05) is 35.4 Å². The number of aromatic nitrogens is 2. The molecule has 0 spiro atoms. The molecule has 7 nitrogen and oxygen atoms in total. The van der Waals surface area contributed by atoms with Crippen molar-refractivity contribution < 1.29 is 14.3 Å². The number of hydrogen-bond acceptors (Lipinski definition) is 5. The van der Waals surface area contributed by atoms with Gasteiger partial charge in [-0.2, -0.15) is 5.10 Å². The molecule has 0 atom stereocenters. The Morgan fingerprint density at radius 3 is 2.74 bits per heavy atom. The summed E-state index contributed by atoms with van der Waals surface area (Å²) in [5.41, 5.74) is 7.50. The highest BCUT2D eigenvalue weighted by atomic mass is 35.5. The molecule has 1 aliphatic rings. The van der Waals surface area contributed by atoms with Crippen LogP contribution in [0.5, 0.6) is 0 Å². The Kier molecular flexibility index (Phi) is 5.60. The number of hydrazine groups is 1. The lowest BCUT2D eigenvalue weighted by atomic mass is 10.1. The van der Waals surface area contributed by atoms with E-state index in [2.05, 4.69) is 15.6 Å². The molecule has 27 heavy (non-hydrogen) atoms. The van der Waals surface area contributed by atoms with Crippen molar-refractivity contribution in [1.82, 2.24) is 20.6 Å². The van der Waals surface area contributed by atoms with Crippen LogP contribution in [0.1, 0.15) is 44.7 Å². The van der Waals surface area contributed by atoms with Crippen LogP contribution < -0.4 is 5.43 Å². The number of amides is 2. The minimum absolute atomic E-state index is 0.0319. The standard InChI is InChI=1S/C19H21ClN4O3/c1-11-7-8-13(12(2)9-11)10-24(19(26)27-3)23-18(25)16-14-5-4-6-15(14)21-22-17(16)20/h7-9H,4-6,10H2,1-3H3,(H,23,25). The first-order chi connectivity index (χ1) is 12.9. The average molecular weight is 389 g/mol. The lowest BCUT2D eigenvalue weighted by molar-refractivity contribution is 0.0689. The zero-order valence-corrected chi connectivity index (χ0v) is 16.3. The highest BCUT2D eigenvalue weighted by Crippen LogP contribution is 2.27. The van der Waals surface area contributed by atoms with Crippen molar-refractivity contribution in [3.63, 3.8) is 0 Å². The van der Waals surface area contributed by atoms with Crippen molar-refractivity contribution in [1.29, 1.82) is 0 Å². The van der Waals surface area contributed by atoms with Crippen LogP contribution in [-0.2, 0) is 24.1 Å². The summed E-state index contributed by atoms with van der Waals surface area (Å²) in [6, 6.07) is 5.89. The number of carbonyl (C=O) groups excluding carboxylic acids is 2. The Morgan fingerprint density at radius 2 is 2.04 bits per heavy atom. The fourth-order valence-corrected chi connectivity index (χ4v) is 3.49. The van der Waals surface area contributed by atoms with E-state index in [-0.39, 0.29) is 17.3 Å². The average Bonchev–Trinajstić information content (AvgIpc) is 3.10. The van der Waals surface area contributed by atoms with Gasteiger partial charge in [0.15, 0.2) is 5.15 Å². The van der Waals surface area contributed by atoms with E-state index >= 15 is 0 Å². The predicted octanol–water partition coefficient (Wildman–Crippen LogP) is 3.15. The van der Waals surface area contributed by atoms with Crippen LogP contribution in [0.3, 0.4) is 0 Å². The third-order valence-electron chi connectivity index (χ3n) is 4.64. The number of rotatable bonds is 3. The molecule has 2 amide bonds. The molecule has 0 saturated carbocycles. The van der Waals surface area contributed by atoms with Crippen molar-refractivity contribution in [3.05, 3.63) is 56.9 Å². The molecular weight excluding hydrogens is 368 g/mol. The SMILES string of the molecule is COC(=O)N(Cc1ccc(C)cc1C)NC(=O)c1c(Cl)nnc2c1CCC2. The minimum Gasteiger partial charge on any atom is -0.452 e. The fourth-order valence-electron chi connectivity index (χ4n) is 3.25.